The summed E-state index contributed by atoms with van der Waals surface area (Å²) in [4.78, 5) is 21.8. The van der Waals surface area contributed by atoms with Crippen LogP contribution in [0.1, 0.15) is 33.4 Å². The van der Waals surface area contributed by atoms with Crippen molar-refractivity contribution in [3.8, 4) is 23.1 Å². The van der Waals surface area contributed by atoms with Gasteiger partial charge < -0.3 is 19.1 Å². The van der Waals surface area contributed by atoms with E-state index in [-0.39, 0.29) is 18.3 Å². The maximum Gasteiger partial charge on any atom is 0.246 e. The van der Waals surface area contributed by atoms with Crippen molar-refractivity contribution < 1.29 is 19.0 Å². The van der Waals surface area contributed by atoms with Crippen molar-refractivity contribution in [3.63, 3.8) is 0 Å². The number of piperazine rings is 1. The minimum absolute atomic E-state index is 0. The summed E-state index contributed by atoms with van der Waals surface area (Å²) in [5.41, 5.74) is 6.35. The fourth-order valence-electron chi connectivity index (χ4n) is 5.94. The van der Waals surface area contributed by atoms with E-state index in [2.05, 4.69) is 34.1 Å². The molecule has 0 N–H and O–H groups in total. The predicted molar refractivity (Wildman–Crippen MR) is 211 cm³/mol. The van der Waals surface area contributed by atoms with E-state index in [1.165, 1.54) is 11.1 Å². The third kappa shape index (κ3) is 11.2. The van der Waals surface area contributed by atoms with E-state index < -0.39 is 0 Å². The van der Waals surface area contributed by atoms with E-state index >= 15 is 0 Å². The molecule has 6 rings (SSSR count). The molecule has 4 aromatic carbocycles. The minimum Gasteiger partial charge on any atom is -0.493 e. The monoisotopic (exact) mass is 757 g/mol. The highest BCUT2D eigenvalue weighted by Crippen LogP contribution is 2.30. The summed E-state index contributed by atoms with van der Waals surface area (Å²) in [6, 6.07) is 31.4. The lowest BCUT2D eigenvalue weighted by Gasteiger charge is -2.34. The molecule has 0 bridgehead atoms. The van der Waals surface area contributed by atoms with E-state index in [9.17, 15) is 4.79 Å². The molecule has 1 aromatic heterocycles. The van der Waals surface area contributed by atoms with Gasteiger partial charge in [0.2, 0.25) is 11.8 Å². The Morgan fingerprint density at radius 2 is 1.46 bits per heavy atom. The van der Waals surface area contributed by atoms with Gasteiger partial charge in [-0.05, 0) is 108 Å². The molecule has 10 heteroatoms. The molecular formula is C42H42Cl3N3O4. The second-order valence-electron chi connectivity index (χ2n) is 12.6. The van der Waals surface area contributed by atoms with Gasteiger partial charge in [0, 0.05) is 61.3 Å². The first-order valence-electron chi connectivity index (χ1n) is 17.1. The van der Waals surface area contributed by atoms with Crippen LogP contribution in [-0.4, -0.2) is 53.5 Å². The Morgan fingerprint density at radius 1 is 0.769 bits per heavy atom. The number of hydrogen-bond acceptors (Lipinski definition) is 6. The average molecular weight is 759 g/mol. The van der Waals surface area contributed by atoms with Gasteiger partial charge in [-0.25, -0.2) is 4.98 Å². The first-order chi connectivity index (χ1) is 24.8. The van der Waals surface area contributed by atoms with E-state index in [1.807, 2.05) is 91.6 Å². The molecule has 270 valence electrons. The van der Waals surface area contributed by atoms with Crippen molar-refractivity contribution in [2.24, 2.45) is 0 Å². The van der Waals surface area contributed by atoms with Crippen molar-refractivity contribution >= 4 is 47.6 Å². The van der Waals surface area contributed by atoms with E-state index in [1.54, 1.807) is 18.3 Å². The topological polar surface area (TPSA) is 64.1 Å². The van der Waals surface area contributed by atoms with Crippen LogP contribution >= 0.6 is 35.6 Å². The number of amides is 1. The van der Waals surface area contributed by atoms with Crippen molar-refractivity contribution in [1.82, 2.24) is 14.8 Å². The highest BCUT2D eigenvalue weighted by Gasteiger charge is 2.20. The standard InChI is InChI=1S/C42H41Cl2N3O4.ClH/c1-30-24-34(25-31(2)42(30)51-40-16-15-39(27-45-40)50-29-35-4-3-5-37(44)26-35)10-17-41(48)47-21-19-46(20-22-47)28-33-8-6-32(7-9-33)18-23-49-38-13-11-36(43)12-14-38;/h3-17,24-27H,18-23,28-29H2,1-2H3;1H/b17-10+;. The van der Waals surface area contributed by atoms with Gasteiger partial charge in [0.25, 0.3) is 0 Å². The Kier molecular flexibility index (Phi) is 14.0. The number of nitrogens with zero attached hydrogens (tertiary/aromatic N) is 3. The number of rotatable bonds is 13. The summed E-state index contributed by atoms with van der Waals surface area (Å²) in [5.74, 6) is 2.71. The Morgan fingerprint density at radius 3 is 2.13 bits per heavy atom. The number of benzene rings is 4. The first kappa shape index (κ1) is 38.7. The molecule has 0 spiro atoms. The fourth-order valence-corrected chi connectivity index (χ4v) is 6.28. The van der Waals surface area contributed by atoms with Gasteiger partial charge in [-0.1, -0.05) is 59.6 Å². The van der Waals surface area contributed by atoms with Crippen LogP contribution < -0.4 is 14.2 Å². The molecule has 1 fully saturated rings. The first-order valence-corrected chi connectivity index (χ1v) is 17.8. The van der Waals surface area contributed by atoms with E-state index in [4.69, 9.17) is 37.4 Å². The molecule has 0 atom stereocenters. The Bertz CT molecular complexity index is 1920. The van der Waals surface area contributed by atoms with Crippen LogP contribution in [-0.2, 0) is 24.4 Å². The van der Waals surface area contributed by atoms with Gasteiger partial charge in [-0.15, -0.1) is 12.4 Å². The SMILES string of the molecule is Cc1cc(/C=C/C(=O)N2CCN(Cc3ccc(CCOc4ccc(Cl)cc4)cc3)CC2)cc(C)c1Oc1ccc(OCc2cccc(Cl)c2)cn1.Cl. The normalized spacial score (nSPS) is 13.1. The maximum atomic E-state index is 13.1. The summed E-state index contributed by atoms with van der Waals surface area (Å²) in [5, 5.41) is 1.38. The van der Waals surface area contributed by atoms with Crippen LogP contribution in [0.2, 0.25) is 10.0 Å². The molecule has 52 heavy (non-hydrogen) atoms. The average Bonchev–Trinajstić information content (AvgIpc) is 3.14. The molecular weight excluding hydrogens is 717 g/mol. The van der Waals surface area contributed by atoms with Gasteiger partial charge in [-0.2, -0.15) is 0 Å². The van der Waals surface area contributed by atoms with Crippen molar-refractivity contribution in [3.05, 3.63) is 153 Å². The molecule has 1 amide bonds. The zero-order valence-corrected chi connectivity index (χ0v) is 31.6. The third-order valence-electron chi connectivity index (χ3n) is 8.70. The molecule has 5 aromatic rings. The largest absolute Gasteiger partial charge is 0.493 e. The number of carbonyl (C=O) groups excluding carboxylic acids is 1. The number of halogens is 3. The van der Waals surface area contributed by atoms with Crippen molar-refractivity contribution in [1.29, 1.82) is 0 Å². The Hall–Kier alpha value is -4.53. The molecule has 0 saturated carbocycles. The molecule has 0 aliphatic carbocycles. The zero-order valence-electron chi connectivity index (χ0n) is 29.3. The van der Waals surface area contributed by atoms with Gasteiger partial charge in [0.1, 0.15) is 23.9 Å². The minimum atomic E-state index is 0. The smallest absolute Gasteiger partial charge is 0.246 e. The molecule has 1 aliphatic rings. The van der Waals surface area contributed by atoms with Crippen LogP contribution in [0, 0.1) is 13.8 Å². The lowest BCUT2D eigenvalue weighted by atomic mass is 10.1. The highest BCUT2D eigenvalue weighted by molar-refractivity contribution is 6.30. The van der Waals surface area contributed by atoms with Gasteiger partial charge in [-0.3, -0.25) is 9.69 Å². The van der Waals surface area contributed by atoms with Crippen LogP contribution in [0.3, 0.4) is 0 Å². The number of pyridine rings is 1. The fraction of sp³-hybridized carbons (Fsp3) is 0.238. The molecule has 0 radical (unpaired) electrons. The Labute approximate surface area is 322 Å². The molecule has 7 nitrogen and oxygen atoms in total. The number of ether oxygens (including phenoxy) is 3. The number of carbonyl (C=O) groups is 1. The Balaban J connectivity index is 0.00000523. The second-order valence-corrected chi connectivity index (χ2v) is 13.5. The lowest BCUT2D eigenvalue weighted by Crippen LogP contribution is -2.47. The van der Waals surface area contributed by atoms with Crippen LogP contribution in [0.15, 0.2) is 109 Å². The van der Waals surface area contributed by atoms with Crippen LogP contribution in [0.5, 0.6) is 23.1 Å². The maximum absolute atomic E-state index is 13.1. The number of hydrogen-bond donors (Lipinski definition) is 0. The number of aromatic nitrogens is 1. The third-order valence-corrected chi connectivity index (χ3v) is 9.18. The second kappa shape index (κ2) is 18.8. The summed E-state index contributed by atoms with van der Waals surface area (Å²) in [6.45, 7) is 8.94. The summed E-state index contributed by atoms with van der Waals surface area (Å²) < 4.78 is 17.8. The number of aryl methyl sites for hydroxylation is 2. The predicted octanol–water partition coefficient (Wildman–Crippen LogP) is 9.78. The van der Waals surface area contributed by atoms with Crippen LogP contribution in [0.4, 0.5) is 0 Å². The lowest BCUT2D eigenvalue weighted by molar-refractivity contribution is -0.127. The van der Waals surface area contributed by atoms with Crippen molar-refractivity contribution in [2.45, 2.75) is 33.4 Å². The van der Waals surface area contributed by atoms with Gasteiger partial charge in [0.15, 0.2) is 0 Å². The highest BCUT2D eigenvalue weighted by atomic mass is 35.5. The molecule has 1 saturated heterocycles. The van der Waals surface area contributed by atoms with Gasteiger partial charge in [0.05, 0.1) is 12.8 Å². The molecule has 1 aliphatic heterocycles. The summed E-state index contributed by atoms with van der Waals surface area (Å²) in [6.07, 6.45) is 6.03. The zero-order chi connectivity index (χ0) is 35.6. The van der Waals surface area contributed by atoms with Gasteiger partial charge >= 0.3 is 0 Å². The summed E-state index contributed by atoms with van der Waals surface area (Å²) >= 11 is 12.0. The molecule has 2 heterocycles. The van der Waals surface area contributed by atoms with E-state index in [0.717, 1.165) is 59.8 Å². The van der Waals surface area contributed by atoms with Crippen molar-refractivity contribution in [2.75, 3.05) is 32.8 Å². The molecule has 0 unspecified atom stereocenters. The van der Waals surface area contributed by atoms with Crippen LogP contribution in [0.25, 0.3) is 6.08 Å². The quantitative estimate of drug-likeness (QED) is 0.112. The summed E-state index contributed by atoms with van der Waals surface area (Å²) in [7, 11) is 0. The van der Waals surface area contributed by atoms with E-state index in [0.29, 0.717) is 48.0 Å².